The maximum absolute atomic E-state index is 8.80. The molecule has 0 unspecified atom stereocenters. The summed E-state index contributed by atoms with van der Waals surface area (Å²) in [5.41, 5.74) is 6.35. The van der Waals surface area contributed by atoms with Crippen molar-refractivity contribution in [2.75, 3.05) is 13.2 Å². The zero-order valence-corrected chi connectivity index (χ0v) is 11.4. The summed E-state index contributed by atoms with van der Waals surface area (Å²) in [7, 11) is 0. The topological polar surface area (TPSA) is 67.8 Å². The van der Waals surface area contributed by atoms with Crippen LogP contribution in [0.2, 0.25) is 5.02 Å². The molecule has 0 bridgehead atoms. The molecule has 0 atom stereocenters. The van der Waals surface area contributed by atoms with E-state index >= 15 is 0 Å². The van der Waals surface area contributed by atoms with Crippen molar-refractivity contribution in [3.63, 3.8) is 0 Å². The number of nitrogens with two attached hydrogens (primary N) is 1. The second-order valence-corrected chi connectivity index (χ2v) is 5.83. The van der Waals surface area contributed by atoms with E-state index in [1.165, 1.54) is 0 Å². The van der Waals surface area contributed by atoms with E-state index in [1.54, 1.807) is 17.8 Å². The Balaban J connectivity index is 2.20. The van der Waals surface area contributed by atoms with E-state index in [-0.39, 0.29) is 5.84 Å². The average molecular weight is 287 g/mol. The first-order chi connectivity index (χ1) is 8.70. The Morgan fingerprint density at radius 3 is 2.83 bits per heavy atom. The quantitative estimate of drug-likeness (QED) is 0.388. The molecule has 1 fully saturated rings. The van der Waals surface area contributed by atoms with E-state index in [2.05, 4.69) is 5.16 Å². The molecule has 0 saturated carbocycles. The van der Waals surface area contributed by atoms with Gasteiger partial charge in [-0.05, 0) is 31.0 Å². The van der Waals surface area contributed by atoms with Crippen LogP contribution >= 0.6 is 23.4 Å². The number of hydrogen-bond donors (Lipinski definition) is 2. The normalized spacial score (nSPS) is 17.9. The Bertz CT molecular complexity index is 448. The number of thioether (sulfide) groups is 1. The van der Waals surface area contributed by atoms with Gasteiger partial charge >= 0.3 is 0 Å². The van der Waals surface area contributed by atoms with Crippen LogP contribution in [-0.2, 0) is 4.74 Å². The van der Waals surface area contributed by atoms with Gasteiger partial charge in [-0.25, -0.2) is 0 Å². The molecule has 3 N–H and O–H groups in total. The minimum Gasteiger partial charge on any atom is -0.409 e. The van der Waals surface area contributed by atoms with Crippen LogP contribution in [0.5, 0.6) is 0 Å². The van der Waals surface area contributed by atoms with Gasteiger partial charge in [0.15, 0.2) is 5.84 Å². The predicted molar refractivity (Wildman–Crippen MR) is 73.7 cm³/mol. The van der Waals surface area contributed by atoms with E-state index in [9.17, 15) is 0 Å². The first kappa shape index (κ1) is 13.5. The summed E-state index contributed by atoms with van der Waals surface area (Å²) in [6.07, 6.45) is 2.03. The highest BCUT2D eigenvalue weighted by Gasteiger charge is 2.18. The second kappa shape index (κ2) is 6.31. The van der Waals surface area contributed by atoms with Gasteiger partial charge < -0.3 is 15.7 Å². The Kier molecular flexibility index (Phi) is 4.74. The Morgan fingerprint density at radius 2 is 2.17 bits per heavy atom. The molecule has 6 heteroatoms. The Hall–Kier alpha value is -0.910. The van der Waals surface area contributed by atoms with Gasteiger partial charge in [-0.15, -0.1) is 11.8 Å². The Labute approximate surface area is 115 Å². The van der Waals surface area contributed by atoms with Crippen molar-refractivity contribution in [2.24, 2.45) is 10.9 Å². The van der Waals surface area contributed by atoms with Crippen LogP contribution < -0.4 is 5.73 Å². The lowest BCUT2D eigenvalue weighted by atomic mass is 10.2. The highest BCUT2D eigenvalue weighted by atomic mass is 35.5. The summed E-state index contributed by atoms with van der Waals surface area (Å²) in [4.78, 5) is 0.988. The molecular formula is C12H15ClN2O2S. The molecule has 0 radical (unpaired) electrons. The number of halogens is 1. The number of amidine groups is 1. The molecule has 1 aromatic carbocycles. The van der Waals surface area contributed by atoms with Gasteiger partial charge in [0.2, 0.25) is 0 Å². The molecule has 98 valence electrons. The van der Waals surface area contributed by atoms with E-state index in [0.717, 1.165) is 31.0 Å². The lowest BCUT2D eigenvalue weighted by Gasteiger charge is -2.22. The average Bonchev–Trinajstić information content (AvgIpc) is 2.41. The predicted octanol–water partition coefficient (Wildman–Crippen LogP) is 2.71. The lowest BCUT2D eigenvalue weighted by Crippen LogP contribution is -2.19. The van der Waals surface area contributed by atoms with Gasteiger partial charge in [0.1, 0.15) is 0 Å². The van der Waals surface area contributed by atoms with Crippen molar-refractivity contribution in [3.8, 4) is 0 Å². The van der Waals surface area contributed by atoms with Crippen molar-refractivity contribution in [1.82, 2.24) is 0 Å². The zero-order chi connectivity index (χ0) is 13.0. The first-order valence-electron chi connectivity index (χ1n) is 5.72. The van der Waals surface area contributed by atoms with Gasteiger partial charge in [0, 0.05) is 33.9 Å². The van der Waals surface area contributed by atoms with Crippen LogP contribution in [0.4, 0.5) is 0 Å². The summed E-state index contributed by atoms with van der Waals surface area (Å²) in [5.74, 6) is 0.0899. The van der Waals surface area contributed by atoms with Crippen LogP contribution in [-0.4, -0.2) is 29.5 Å². The molecule has 1 heterocycles. The summed E-state index contributed by atoms with van der Waals surface area (Å²) in [6.45, 7) is 1.59. The SMILES string of the molecule is N/C(=N/O)c1cc(Cl)ccc1SC1CCOCC1. The fourth-order valence-corrected chi connectivity index (χ4v) is 3.23. The lowest BCUT2D eigenvalue weighted by molar-refractivity contribution is 0.100. The third-order valence-electron chi connectivity index (χ3n) is 2.79. The molecule has 0 spiro atoms. The summed E-state index contributed by atoms with van der Waals surface area (Å²) < 4.78 is 5.33. The molecule has 1 aromatic rings. The third-order valence-corrected chi connectivity index (χ3v) is 4.44. The van der Waals surface area contributed by atoms with Gasteiger partial charge in [0.05, 0.1) is 0 Å². The highest BCUT2D eigenvalue weighted by molar-refractivity contribution is 8.00. The zero-order valence-electron chi connectivity index (χ0n) is 9.80. The maximum atomic E-state index is 8.80. The van der Waals surface area contributed by atoms with Crippen molar-refractivity contribution >= 4 is 29.2 Å². The van der Waals surface area contributed by atoms with E-state index in [1.807, 2.05) is 12.1 Å². The van der Waals surface area contributed by atoms with Crippen molar-refractivity contribution in [3.05, 3.63) is 28.8 Å². The number of rotatable bonds is 3. The molecule has 0 aliphatic carbocycles. The van der Waals surface area contributed by atoms with Gasteiger partial charge in [-0.1, -0.05) is 16.8 Å². The van der Waals surface area contributed by atoms with Crippen LogP contribution in [0.3, 0.4) is 0 Å². The van der Waals surface area contributed by atoms with Crippen LogP contribution in [0, 0.1) is 0 Å². The van der Waals surface area contributed by atoms with Crippen LogP contribution in [0.15, 0.2) is 28.3 Å². The first-order valence-corrected chi connectivity index (χ1v) is 6.98. The summed E-state index contributed by atoms with van der Waals surface area (Å²) in [5, 5.41) is 12.9. The highest BCUT2D eigenvalue weighted by Crippen LogP contribution is 2.33. The number of oxime groups is 1. The maximum Gasteiger partial charge on any atom is 0.171 e. The second-order valence-electron chi connectivity index (χ2n) is 4.06. The molecule has 0 amide bonds. The van der Waals surface area contributed by atoms with E-state index < -0.39 is 0 Å². The van der Waals surface area contributed by atoms with Crippen molar-refractivity contribution in [2.45, 2.75) is 23.0 Å². The van der Waals surface area contributed by atoms with Crippen molar-refractivity contribution < 1.29 is 9.94 Å². The molecule has 0 aromatic heterocycles. The fourth-order valence-electron chi connectivity index (χ4n) is 1.83. The van der Waals surface area contributed by atoms with E-state index in [4.69, 9.17) is 27.3 Å². The minimum absolute atomic E-state index is 0.0899. The molecule has 18 heavy (non-hydrogen) atoms. The van der Waals surface area contributed by atoms with Gasteiger partial charge in [-0.3, -0.25) is 0 Å². The fraction of sp³-hybridized carbons (Fsp3) is 0.417. The monoisotopic (exact) mass is 286 g/mol. The standard InChI is InChI=1S/C12H15ClN2O2S/c13-8-1-2-11(10(7-8)12(14)15-16)18-9-3-5-17-6-4-9/h1-2,7,9,16H,3-6H2,(H2,14,15). The number of benzene rings is 1. The van der Waals surface area contributed by atoms with Gasteiger partial charge in [-0.2, -0.15) is 0 Å². The molecule has 2 rings (SSSR count). The third kappa shape index (κ3) is 3.31. The molecule has 1 saturated heterocycles. The molecule has 4 nitrogen and oxygen atoms in total. The largest absolute Gasteiger partial charge is 0.409 e. The molecular weight excluding hydrogens is 272 g/mol. The minimum atomic E-state index is 0.0899. The number of nitrogens with zero attached hydrogens (tertiary/aromatic N) is 1. The summed E-state index contributed by atoms with van der Waals surface area (Å²) >= 11 is 7.67. The number of ether oxygens (including phenoxy) is 1. The van der Waals surface area contributed by atoms with Crippen LogP contribution in [0.25, 0.3) is 0 Å². The van der Waals surface area contributed by atoms with Crippen LogP contribution in [0.1, 0.15) is 18.4 Å². The molecule has 1 aliphatic rings. The number of hydrogen-bond acceptors (Lipinski definition) is 4. The summed E-state index contributed by atoms with van der Waals surface area (Å²) in [6, 6.07) is 5.45. The Morgan fingerprint density at radius 1 is 1.44 bits per heavy atom. The van der Waals surface area contributed by atoms with E-state index in [0.29, 0.717) is 15.8 Å². The smallest absolute Gasteiger partial charge is 0.171 e. The van der Waals surface area contributed by atoms with Crippen molar-refractivity contribution in [1.29, 1.82) is 0 Å². The molecule has 1 aliphatic heterocycles. The van der Waals surface area contributed by atoms with Gasteiger partial charge in [0.25, 0.3) is 0 Å².